The molecule has 0 aliphatic heterocycles. The fraction of sp³-hybridized carbons (Fsp3) is 0.647. The minimum Gasteiger partial charge on any atom is -0.496 e. The number of rotatable bonds is 11. The Morgan fingerprint density at radius 3 is 2.52 bits per heavy atom. The molecule has 0 saturated heterocycles. The molecule has 4 nitrogen and oxygen atoms in total. The fourth-order valence-electron chi connectivity index (χ4n) is 2.49. The molecule has 0 saturated carbocycles. The first-order valence-electron chi connectivity index (χ1n) is 7.53. The molecule has 1 N–H and O–H groups in total. The minimum absolute atomic E-state index is 0.481. The van der Waals surface area contributed by atoms with E-state index < -0.39 is 0 Å². The molecule has 2 atom stereocenters. The molecular weight excluding hydrogens is 266 g/mol. The molecule has 0 spiro atoms. The Hall–Kier alpha value is -1.10. The molecule has 1 rings (SSSR count). The lowest BCUT2D eigenvalue weighted by atomic mass is 9.88. The van der Waals surface area contributed by atoms with Crippen LogP contribution in [-0.2, 0) is 15.9 Å². The minimum atomic E-state index is 0.481. The van der Waals surface area contributed by atoms with Crippen molar-refractivity contribution in [2.45, 2.75) is 13.3 Å². The number of nitrogens with one attached hydrogen (secondary N) is 1. The van der Waals surface area contributed by atoms with E-state index in [-0.39, 0.29) is 0 Å². The third-order valence-corrected chi connectivity index (χ3v) is 3.80. The third-order valence-electron chi connectivity index (χ3n) is 3.80. The number of para-hydroxylation sites is 1. The van der Waals surface area contributed by atoms with Gasteiger partial charge in [-0.2, -0.15) is 0 Å². The van der Waals surface area contributed by atoms with E-state index in [0.29, 0.717) is 11.8 Å². The first-order chi connectivity index (χ1) is 10.2. The summed E-state index contributed by atoms with van der Waals surface area (Å²) in [5.41, 5.74) is 1.25. The number of methoxy groups -OCH3 is 3. The largest absolute Gasteiger partial charge is 0.496 e. The highest BCUT2D eigenvalue weighted by Gasteiger charge is 2.19. The van der Waals surface area contributed by atoms with Gasteiger partial charge in [-0.3, -0.25) is 0 Å². The second-order valence-corrected chi connectivity index (χ2v) is 5.41. The molecule has 120 valence electrons. The molecule has 0 aliphatic rings. The second-order valence-electron chi connectivity index (χ2n) is 5.41. The van der Waals surface area contributed by atoms with Crippen LogP contribution in [0, 0.1) is 11.8 Å². The molecular formula is C17H29NO3. The summed E-state index contributed by atoms with van der Waals surface area (Å²) in [6.07, 6.45) is 0.981. The predicted octanol–water partition coefficient (Wildman–Crippen LogP) is 2.37. The van der Waals surface area contributed by atoms with Gasteiger partial charge in [-0.25, -0.2) is 0 Å². The van der Waals surface area contributed by atoms with Crippen LogP contribution in [0.3, 0.4) is 0 Å². The van der Waals surface area contributed by atoms with Gasteiger partial charge in [-0.15, -0.1) is 0 Å². The van der Waals surface area contributed by atoms with Crippen LogP contribution in [0.2, 0.25) is 0 Å². The number of hydrogen-bond donors (Lipinski definition) is 1. The Balaban J connectivity index is 2.66. The average Bonchev–Trinajstić information content (AvgIpc) is 2.51. The number of hydrogen-bond acceptors (Lipinski definition) is 4. The van der Waals surface area contributed by atoms with E-state index in [0.717, 1.165) is 38.5 Å². The van der Waals surface area contributed by atoms with Crippen molar-refractivity contribution in [3.05, 3.63) is 29.8 Å². The lowest BCUT2D eigenvalue weighted by Crippen LogP contribution is -2.32. The van der Waals surface area contributed by atoms with E-state index in [1.807, 2.05) is 12.1 Å². The molecule has 0 amide bonds. The van der Waals surface area contributed by atoms with Gasteiger partial charge in [0.25, 0.3) is 0 Å². The molecule has 0 fully saturated rings. The van der Waals surface area contributed by atoms with Crippen molar-refractivity contribution >= 4 is 0 Å². The van der Waals surface area contributed by atoms with Crippen LogP contribution >= 0.6 is 0 Å². The molecule has 4 heteroatoms. The first-order valence-corrected chi connectivity index (χ1v) is 7.53. The maximum atomic E-state index is 5.46. The summed E-state index contributed by atoms with van der Waals surface area (Å²) in [5.74, 6) is 1.94. The van der Waals surface area contributed by atoms with Crippen LogP contribution in [0.5, 0.6) is 5.75 Å². The van der Waals surface area contributed by atoms with Gasteiger partial charge in [0.2, 0.25) is 0 Å². The average molecular weight is 295 g/mol. The topological polar surface area (TPSA) is 39.7 Å². The number of ether oxygens (including phenoxy) is 3. The van der Waals surface area contributed by atoms with E-state index in [4.69, 9.17) is 14.2 Å². The van der Waals surface area contributed by atoms with Gasteiger partial charge in [-0.1, -0.05) is 25.1 Å². The Kier molecular flexibility index (Phi) is 9.06. The van der Waals surface area contributed by atoms with Crippen molar-refractivity contribution in [1.29, 1.82) is 0 Å². The zero-order valence-electron chi connectivity index (χ0n) is 13.7. The van der Waals surface area contributed by atoms with Crippen molar-refractivity contribution in [1.82, 2.24) is 5.32 Å². The molecule has 1 aromatic carbocycles. The highest BCUT2D eigenvalue weighted by molar-refractivity contribution is 5.33. The van der Waals surface area contributed by atoms with Crippen molar-refractivity contribution in [2.75, 3.05) is 47.6 Å². The molecule has 0 aliphatic carbocycles. The standard InChI is InChI=1S/C17H29NO3/c1-14(13-20-3)16(12-18-9-10-19-2)11-15-7-5-6-8-17(15)21-4/h5-8,14,16,18H,9-13H2,1-4H3. The highest BCUT2D eigenvalue weighted by Crippen LogP contribution is 2.24. The summed E-state index contributed by atoms with van der Waals surface area (Å²) in [6, 6.07) is 8.23. The maximum absolute atomic E-state index is 5.46. The molecule has 2 unspecified atom stereocenters. The van der Waals surface area contributed by atoms with Crippen LogP contribution in [0.15, 0.2) is 24.3 Å². The van der Waals surface area contributed by atoms with E-state index in [9.17, 15) is 0 Å². The molecule has 0 radical (unpaired) electrons. The van der Waals surface area contributed by atoms with Gasteiger partial charge in [0.05, 0.1) is 13.7 Å². The summed E-state index contributed by atoms with van der Waals surface area (Å²) >= 11 is 0. The van der Waals surface area contributed by atoms with Gasteiger partial charge in [0, 0.05) is 27.4 Å². The van der Waals surface area contributed by atoms with Crippen molar-refractivity contribution in [3.8, 4) is 5.75 Å². The van der Waals surface area contributed by atoms with E-state index in [1.54, 1.807) is 21.3 Å². The first kappa shape index (κ1) is 18.0. The smallest absolute Gasteiger partial charge is 0.122 e. The SMILES string of the molecule is COCCNCC(Cc1ccccc1OC)C(C)COC. The van der Waals surface area contributed by atoms with Gasteiger partial charge >= 0.3 is 0 Å². The third kappa shape index (κ3) is 6.46. The van der Waals surface area contributed by atoms with Crippen LogP contribution in [0.4, 0.5) is 0 Å². The molecule has 1 aromatic rings. The van der Waals surface area contributed by atoms with E-state index in [2.05, 4.69) is 24.4 Å². The summed E-state index contributed by atoms with van der Waals surface area (Å²) in [4.78, 5) is 0. The van der Waals surface area contributed by atoms with Crippen LogP contribution in [0.25, 0.3) is 0 Å². The quantitative estimate of drug-likeness (QED) is 0.636. The lowest BCUT2D eigenvalue weighted by molar-refractivity contribution is 0.126. The van der Waals surface area contributed by atoms with Crippen molar-refractivity contribution in [3.63, 3.8) is 0 Å². The van der Waals surface area contributed by atoms with Crippen LogP contribution in [0.1, 0.15) is 12.5 Å². The molecule has 0 bridgehead atoms. The summed E-state index contributed by atoms with van der Waals surface area (Å²) in [5, 5.41) is 3.46. The van der Waals surface area contributed by atoms with Gasteiger partial charge < -0.3 is 19.5 Å². The van der Waals surface area contributed by atoms with Crippen molar-refractivity contribution < 1.29 is 14.2 Å². The Morgan fingerprint density at radius 1 is 1.10 bits per heavy atom. The van der Waals surface area contributed by atoms with Crippen LogP contribution in [-0.4, -0.2) is 47.6 Å². The summed E-state index contributed by atoms with van der Waals surface area (Å²) in [7, 11) is 5.21. The Labute approximate surface area is 128 Å². The molecule has 21 heavy (non-hydrogen) atoms. The summed E-state index contributed by atoms with van der Waals surface area (Å²) < 4.78 is 15.9. The highest BCUT2D eigenvalue weighted by atomic mass is 16.5. The zero-order valence-corrected chi connectivity index (χ0v) is 13.7. The van der Waals surface area contributed by atoms with Gasteiger partial charge in [0.1, 0.15) is 5.75 Å². The predicted molar refractivity (Wildman–Crippen MR) is 86.0 cm³/mol. The Bertz CT molecular complexity index is 384. The molecule has 0 aromatic heterocycles. The van der Waals surface area contributed by atoms with E-state index in [1.165, 1.54) is 5.56 Å². The lowest BCUT2D eigenvalue weighted by Gasteiger charge is -2.25. The molecule has 0 heterocycles. The second kappa shape index (κ2) is 10.6. The maximum Gasteiger partial charge on any atom is 0.122 e. The van der Waals surface area contributed by atoms with Gasteiger partial charge in [-0.05, 0) is 36.4 Å². The van der Waals surface area contributed by atoms with E-state index >= 15 is 0 Å². The Morgan fingerprint density at radius 2 is 1.86 bits per heavy atom. The zero-order chi connectivity index (χ0) is 15.5. The van der Waals surface area contributed by atoms with Crippen molar-refractivity contribution in [2.24, 2.45) is 11.8 Å². The van der Waals surface area contributed by atoms with Gasteiger partial charge in [0.15, 0.2) is 0 Å². The van der Waals surface area contributed by atoms with Crippen LogP contribution < -0.4 is 10.1 Å². The monoisotopic (exact) mass is 295 g/mol. The normalized spacial score (nSPS) is 13.9. The number of benzene rings is 1. The summed E-state index contributed by atoms with van der Waals surface area (Å²) in [6.45, 7) is 5.57. The fourth-order valence-corrected chi connectivity index (χ4v) is 2.49.